The maximum atomic E-state index is 8.49. The third-order valence-corrected chi connectivity index (χ3v) is 2.56. The molecule has 0 radical (unpaired) electrons. The van der Waals surface area contributed by atoms with Gasteiger partial charge in [-0.05, 0) is 23.1 Å². The molecule has 1 N–H and O–H groups in total. The van der Waals surface area contributed by atoms with Crippen molar-refractivity contribution in [3.8, 4) is 0 Å². The highest BCUT2D eigenvalue weighted by molar-refractivity contribution is 8.01. The lowest BCUT2D eigenvalue weighted by Gasteiger charge is -1.97. The monoisotopic (exact) mass is 214 g/mol. The highest BCUT2D eigenvalue weighted by Gasteiger charge is 1.92. The molecule has 0 aliphatic rings. The van der Waals surface area contributed by atoms with E-state index in [0.717, 1.165) is 10.8 Å². The predicted molar refractivity (Wildman–Crippen MR) is 59.0 cm³/mol. The summed E-state index contributed by atoms with van der Waals surface area (Å²) < 4.78 is 0. The maximum Gasteiger partial charge on any atom is 0.0620 e. The van der Waals surface area contributed by atoms with Crippen LogP contribution in [0.1, 0.15) is 5.56 Å². The Hall–Kier alpha value is -0.440. The van der Waals surface area contributed by atoms with E-state index in [0.29, 0.717) is 0 Å². The van der Waals surface area contributed by atoms with Crippen molar-refractivity contribution in [1.29, 1.82) is 0 Å². The summed E-state index contributed by atoms with van der Waals surface area (Å²) in [6.45, 7) is 0.0997. The van der Waals surface area contributed by atoms with Crippen LogP contribution in [0.3, 0.4) is 0 Å². The van der Waals surface area contributed by atoms with Crippen molar-refractivity contribution >= 4 is 23.4 Å². The number of aliphatic hydroxyl groups excluding tert-OH is 1. The van der Waals surface area contributed by atoms with Gasteiger partial charge in [-0.3, -0.25) is 0 Å². The first-order chi connectivity index (χ1) is 6.33. The fourth-order valence-corrected chi connectivity index (χ4v) is 1.79. The van der Waals surface area contributed by atoms with Crippen molar-refractivity contribution in [3.63, 3.8) is 0 Å². The number of benzene rings is 1. The third kappa shape index (κ3) is 4.36. The predicted octanol–water partition coefficient (Wildman–Crippen LogP) is 3.08. The van der Waals surface area contributed by atoms with E-state index in [9.17, 15) is 0 Å². The molecule has 0 heterocycles. The molecular formula is C10H11ClOS. The van der Waals surface area contributed by atoms with Gasteiger partial charge in [-0.25, -0.2) is 0 Å². The number of hydrogen-bond donors (Lipinski definition) is 1. The Morgan fingerprint density at radius 1 is 1.46 bits per heavy atom. The maximum absolute atomic E-state index is 8.49. The summed E-state index contributed by atoms with van der Waals surface area (Å²) in [5, 5.41) is 11.1. The molecule has 0 unspecified atom stereocenters. The largest absolute Gasteiger partial charge is 0.392 e. The fraction of sp³-hybridized carbons (Fsp3) is 0.200. The zero-order chi connectivity index (χ0) is 9.52. The summed E-state index contributed by atoms with van der Waals surface area (Å²) in [4.78, 5) is 0. The van der Waals surface area contributed by atoms with Gasteiger partial charge in [0.1, 0.15) is 0 Å². The van der Waals surface area contributed by atoms with Crippen LogP contribution in [0.15, 0.2) is 35.7 Å². The molecule has 3 heteroatoms. The standard InChI is InChI=1S/C10H11ClOS/c11-10-4-1-3-9(7-10)8-13-6-2-5-12/h1-4,6-7,12H,5,8H2/b6-2-. The van der Waals surface area contributed by atoms with Crippen LogP contribution in [-0.4, -0.2) is 11.7 Å². The Kier molecular flexibility index (Phi) is 4.98. The van der Waals surface area contributed by atoms with E-state index >= 15 is 0 Å². The first-order valence-electron chi connectivity index (χ1n) is 3.95. The zero-order valence-corrected chi connectivity index (χ0v) is 8.68. The summed E-state index contributed by atoms with van der Waals surface area (Å²) in [5.41, 5.74) is 1.19. The van der Waals surface area contributed by atoms with Crippen molar-refractivity contribution in [2.45, 2.75) is 5.75 Å². The normalized spacial score (nSPS) is 10.9. The van der Waals surface area contributed by atoms with Crippen LogP contribution in [0.2, 0.25) is 5.02 Å². The molecule has 0 aliphatic heterocycles. The molecule has 13 heavy (non-hydrogen) atoms. The van der Waals surface area contributed by atoms with Crippen LogP contribution in [0.5, 0.6) is 0 Å². The van der Waals surface area contributed by atoms with Gasteiger partial charge in [0.15, 0.2) is 0 Å². The molecule has 0 atom stereocenters. The Morgan fingerprint density at radius 3 is 3.00 bits per heavy atom. The van der Waals surface area contributed by atoms with E-state index in [1.807, 2.05) is 29.7 Å². The SMILES string of the molecule is OC/C=C\SCc1cccc(Cl)c1. The second kappa shape index (κ2) is 6.08. The summed E-state index contributed by atoms with van der Waals surface area (Å²) in [5.74, 6) is 0.886. The number of hydrogen-bond acceptors (Lipinski definition) is 2. The van der Waals surface area contributed by atoms with Gasteiger partial charge in [0, 0.05) is 10.8 Å². The summed E-state index contributed by atoms with van der Waals surface area (Å²) in [6.07, 6.45) is 1.72. The van der Waals surface area contributed by atoms with Crippen molar-refractivity contribution in [1.82, 2.24) is 0 Å². The molecule has 1 rings (SSSR count). The van der Waals surface area contributed by atoms with E-state index < -0.39 is 0 Å². The molecule has 0 fully saturated rings. The molecule has 1 nitrogen and oxygen atoms in total. The fourth-order valence-electron chi connectivity index (χ4n) is 0.882. The minimum atomic E-state index is 0.0997. The molecule has 0 spiro atoms. The zero-order valence-electron chi connectivity index (χ0n) is 7.11. The van der Waals surface area contributed by atoms with Crippen molar-refractivity contribution in [2.75, 3.05) is 6.61 Å². The first kappa shape index (κ1) is 10.6. The van der Waals surface area contributed by atoms with E-state index in [1.165, 1.54) is 5.56 Å². The minimum Gasteiger partial charge on any atom is -0.392 e. The van der Waals surface area contributed by atoms with Crippen LogP contribution in [-0.2, 0) is 5.75 Å². The van der Waals surface area contributed by atoms with Crippen molar-refractivity contribution in [3.05, 3.63) is 46.3 Å². The molecule has 0 saturated carbocycles. The molecule has 1 aromatic carbocycles. The molecule has 0 amide bonds. The van der Waals surface area contributed by atoms with Gasteiger partial charge in [0.25, 0.3) is 0 Å². The smallest absolute Gasteiger partial charge is 0.0620 e. The van der Waals surface area contributed by atoms with Crippen LogP contribution in [0.4, 0.5) is 0 Å². The summed E-state index contributed by atoms with van der Waals surface area (Å²) >= 11 is 7.46. The van der Waals surface area contributed by atoms with Crippen LogP contribution < -0.4 is 0 Å². The van der Waals surface area contributed by atoms with Gasteiger partial charge in [0.05, 0.1) is 6.61 Å². The Bertz CT molecular complexity index is 286. The van der Waals surface area contributed by atoms with Gasteiger partial charge in [-0.15, -0.1) is 11.8 Å². The number of thioether (sulfide) groups is 1. The van der Waals surface area contributed by atoms with E-state index in [1.54, 1.807) is 17.8 Å². The van der Waals surface area contributed by atoms with E-state index in [2.05, 4.69) is 0 Å². The molecule has 0 bridgehead atoms. The van der Waals surface area contributed by atoms with Gasteiger partial charge < -0.3 is 5.11 Å². The highest BCUT2D eigenvalue weighted by atomic mass is 35.5. The second-order valence-corrected chi connectivity index (χ2v) is 3.83. The van der Waals surface area contributed by atoms with E-state index in [4.69, 9.17) is 16.7 Å². The van der Waals surface area contributed by atoms with E-state index in [-0.39, 0.29) is 6.61 Å². The van der Waals surface area contributed by atoms with Crippen molar-refractivity contribution < 1.29 is 5.11 Å². The lowest BCUT2D eigenvalue weighted by molar-refractivity contribution is 0.343. The highest BCUT2D eigenvalue weighted by Crippen LogP contribution is 2.16. The molecule has 1 aromatic rings. The quantitative estimate of drug-likeness (QED) is 0.832. The minimum absolute atomic E-state index is 0.0997. The summed E-state index contributed by atoms with van der Waals surface area (Å²) in [7, 11) is 0. The van der Waals surface area contributed by atoms with Gasteiger partial charge >= 0.3 is 0 Å². The van der Waals surface area contributed by atoms with Gasteiger partial charge in [-0.1, -0.05) is 29.8 Å². The topological polar surface area (TPSA) is 20.2 Å². The van der Waals surface area contributed by atoms with Crippen molar-refractivity contribution in [2.24, 2.45) is 0 Å². The lowest BCUT2D eigenvalue weighted by Crippen LogP contribution is -1.77. The summed E-state index contributed by atoms with van der Waals surface area (Å²) in [6, 6.07) is 7.78. The molecule has 70 valence electrons. The van der Waals surface area contributed by atoms with Crippen LogP contribution in [0, 0.1) is 0 Å². The average molecular weight is 215 g/mol. The number of aliphatic hydroxyl groups is 1. The van der Waals surface area contributed by atoms with Gasteiger partial charge in [0.2, 0.25) is 0 Å². The second-order valence-electron chi connectivity index (χ2n) is 2.50. The number of halogens is 1. The Labute approximate surface area is 87.4 Å². The third-order valence-electron chi connectivity index (χ3n) is 1.44. The molecular weight excluding hydrogens is 204 g/mol. The lowest BCUT2D eigenvalue weighted by atomic mass is 10.2. The number of rotatable bonds is 4. The first-order valence-corrected chi connectivity index (χ1v) is 5.37. The molecule has 0 saturated heterocycles. The van der Waals surface area contributed by atoms with Crippen LogP contribution >= 0.6 is 23.4 Å². The Morgan fingerprint density at radius 2 is 2.31 bits per heavy atom. The molecule has 0 aromatic heterocycles. The molecule has 0 aliphatic carbocycles. The Balaban J connectivity index is 2.41. The van der Waals surface area contributed by atoms with Crippen LogP contribution in [0.25, 0.3) is 0 Å². The average Bonchev–Trinajstić information content (AvgIpc) is 2.13. The van der Waals surface area contributed by atoms with Gasteiger partial charge in [-0.2, -0.15) is 0 Å².